The van der Waals surface area contributed by atoms with Crippen LogP contribution in [-0.4, -0.2) is 6.61 Å². The molecule has 1 aromatic carbocycles. The molecule has 0 aliphatic rings. The highest BCUT2D eigenvalue weighted by molar-refractivity contribution is 7.09. The van der Waals surface area contributed by atoms with Crippen molar-refractivity contribution in [1.82, 2.24) is 0 Å². The van der Waals surface area contributed by atoms with Crippen molar-refractivity contribution in [3.05, 3.63) is 51.2 Å². The van der Waals surface area contributed by atoms with E-state index in [4.69, 9.17) is 22.1 Å². The first-order chi connectivity index (χ1) is 8.31. The Morgan fingerprint density at radius 1 is 1.24 bits per heavy atom. The third-order valence-corrected chi connectivity index (χ3v) is 3.68. The van der Waals surface area contributed by atoms with Gasteiger partial charge in [-0.2, -0.15) is 0 Å². The van der Waals surface area contributed by atoms with Crippen molar-refractivity contribution in [3.8, 4) is 5.75 Å². The van der Waals surface area contributed by atoms with Gasteiger partial charge < -0.3 is 10.5 Å². The fourth-order valence-electron chi connectivity index (χ4n) is 1.58. The van der Waals surface area contributed by atoms with Crippen molar-refractivity contribution in [3.63, 3.8) is 0 Å². The number of hydrogen-bond acceptors (Lipinski definition) is 3. The van der Waals surface area contributed by atoms with Gasteiger partial charge in [0.15, 0.2) is 0 Å². The van der Waals surface area contributed by atoms with E-state index in [2.05, 4.69) is 11.4 Å². The van der Waals surface area contributed by atoms with Crippen LogP contribution in [0.2, 0.25) is 5.02 Å². The van der Waals surface area contributed by atoms with Crippen molar-refractivity contribution < 1.29 is 4.74 Å². The number of para-hydroxylation sites is 1. The van der Waals surface area contributed by atoms with Crippen LogP contribution in [0.25, 0.3) is 0 Å². The van der Waals surface area contributed by atoms with E-state index in [9.17, 15) is 0 Å². The van der Waals surface area contributed by atoms with Gasteiger partial charge in [0.05, 0.1) is 11.6 Å². The maximum atomic E-state index is 6.09. The van der Waals surface area contributed by atoms with Gasteiger partial charge in [0, 0.05) is 23.4 Å². The Kier molecular flexibility index (Phi) is 4.42. The first-order valence-corrected chi connectivity index (χ1v) is 6.69. The van der Waals surface area contributed by atoms with Gasteiger partial charge >= 0.3 is 0 Å². The molecule has 0 saturated carbocycles. The summed E-state index contributed by atoms with van der Waals surface area (Å²) in [5.41, 5.74) is 6.60. The standard InChI is InChI=1S/C13H14ClNOS/c14-12-5-1-3-10(9-15)13(12)16-7-6-11-4-2-8-17-11/h1-5,8H,6-7,9,15H2. The lowest BCUT2D eigenvalue weighted by molar-refractivity contribution is 0.320. The van der Waals surface area contributed by atoms with Crippen molar-refractivity contribution in [2.45, 2.75) is 13.0 Å². The van der Waals surface area contributed by atoms with Crippen LogP contribution in [0, 0.1) is 0 Å². The quantitative estimate of drug-likeness (QED) is 0.900. The van der Waals surface area contributed by atoms with Crippen molar-refractivity contribution in [2.75, 3.05) is 6.61 Å². The van der Waals surface area contributed by atoms with Gasteiger partial charge in [0.25, 0.3) is 0 Å². The fraction of sp³-hybridized carbons (Fsp3) is 0.231. The van der Waals surface area contributed by atoms with E-state index in [0.29, 0.717) is 23.9 Å². The summed E-state index contributed by atoms with van der Waals surface area (Å²) in [6.07, 6.45) is 0.896. The molecule has 0 atom stereocenters. The highest BCUT2D eigenvalue weighted by atomic mass is 35.5. The topological polar surface area (TPSA) is 35.2 Å². The second kappa shape index (κ2) is 6.05. The van der Waals surface area contributed by atoms with Gasteiger partial charge in [-0.25, -0.2) is 0 Å². The lowest BCUT2D eigenvalue weighted by Crippen LogP contribution is -2.05. The number of hydrogen-bond donors (Lipinski definition) is 1. The Morgan fingerprint density at radius 2 is 2.12 bits per heavy atom. The molecule has 2 rings (SSSR count). The average molecular weight is 268 g/mol. The molecule has 0 aliphatic carbocycles. The summed E-state index contributed by atoms with van der Waals surface area (Å²) in [7, 11) is 0. The summed E-state index contributed by atoms with van der Waals surface area (Å²) in [4.78, 5) is 1.31. The first-order valence-electron chi connectivity index (χ1n) is 5.44. The molecule has 0 unspecified atom stereocenters. The molecule has 1 aromatic heterocycles. The fourth-order valence-corrected chi connectivity index (χ4v) is 2.52. The summed E-state index contributed by atoms with van der Waals surface area (Å²) < 4.78 is 5.73. The normalized spacial score (nSPS) is 10.5. The molecule has 2 nitrogen and oxygen atoms in total. The van der Waals surface area contributed by atoms with Gasteiger partial charge in [-0.05, 0) is 17.5 Å². The van der Waals surface area contributed by atoms with Crippen LogP contribution in [0.1, 0.15) is 10.4 Å². The number of halogens is 1. The summed E-state index contributed by atoms with van der Waals surface area (Å²) in [5.74, 6) is 0.716. The molecular formula is C13H14ClNOS. The Labute approximate surface area is 110 Å². The predicted octanol–water partition coefficient (Wildman–Crippen LogP) is 3.48. The van der Waals surface area contributed by atoms with Crippen molar-refractivity contribution in [2.24, 2.45) is 5.73 Å². The summed E-state index contributed by atoms with van der Waals surface area (Å²) >= 11 is 7.83. The number of nitrogens with two attached hydrogens (primary N) is 1. The lowest BCUT2D eigenvalue weighted by atomic mass is 10.2. The minimum absolute atomic E-state index is 0.439. The molecule has 4 heteroatoms. The van der Waals surface area contributed by atoms with E-state index in [-0.39, 0.29) is 0 Å². The molecule has 0 fully saturated rings. The van der Waals surface area contributed by atoms with Crippen LogP contribution in [0.15, 0.2) is 35.7 Å². The van der Waals surface area contributed by atoms with Crippen LogP contribution < -0.4 is 10.5 Å². The van der Waals surface area contributed by atoms with E-state index < -0.39 is 0 Å². The maximum absolute atomic E-state index is 6.09. The largest absolute Gasteiger partial charge is 0.491 e. The van der Waals surface area contributed by atoms with Gasteiger partial charge in [-0.3, -0.25) is 0 Å². The van der Waals surface area contributed by atoms with E-state index in [1.54, 1.807) is 11.3 Å². The molecule has 0 amide bonds. The van der Waals surface area contributed by atoms with E-state index in [1.165, 1.54) is 4.88 Å². The number of rotatable bonds is 5. The second-order valence-corrected chi connectivity index (χ2v) is 5.05. The number of benzene rings is 1. The minimum atomic E-state index is 0.439. The molecule has 0 saturated heterocycles. The monoisotopic (exact) mass is 267 g/mol. The molecule has 0 bridgehead atoms. The molecule has 17 heavy (non-hydrogen) atoms. The van der Waals surface area contributed by atoms with E-state index in [1.807, 2.05) is 24.3 Å². The summed E-state index contributed by atoms with van der Waals surface area (Å²) in [6, 6.07) is 9.79. The van der Waals surface area contributed by atoms with Gasteiger partial charge in [0.1, 0.15) is 5.75 Å². The molecule has 0 spiro atoms. The molecular weight excluding hydrogens is 254 g/mol. The zero-order chi connectivity index (χ0) is 12.1. The van der Waals surface area contributed by atoms with Crippen LogP contribution in [0.5, 0.6) is 5.75 Å². The Bertz CT molecular complexity index is 470. The van der Waals surface area contributed by atoms with E-state index >= 15 is 0 Å². The maximum Gasteiger partial charge on any atom is 0.142 e. The SMILES string of the molecule is NCc1cccc(Cl)c1OCCc1cccs1. The highest BCUT2D eigenvalue weighted by Crippen LogP contribution is 2.28. The number of ether oxygens (including phenoxy) is 1. The highest BCUT2D eigenvalue weighted by Gasteiger charge is 2.07. The second-order valence-electron chi connectivity index (χ2n) is 3.61. The van der Waals surface area contributed by atoms with E-state index in [0.717, 1.165) is 12.0 Å². The van der Waals surface area contributed by atoms with Crippen LogP contribution in [-0.2, 0) is 13.0 Å². The van der Waals surface area contributed by atoms with Crippen molar-refractivity contribution >= 4 is 22.9 Å². The lowest BCUT2D eigenvalue weighted by Gasteiger charge is -2.11. The van der Waals surface area contributed by atoms with Crippen LogP contribution in [0.4, 0.5) is 0 Å². The Morgan fingerprint density at radius 3 is 2.82 bits per heavy atom. The third-order valence-electron chi connectivity index (χ3n) is 2.44. The summed E-state index contributed by atoms with van der Waals surface area (Å²) in [5, 5.41) is 2.69. The van der Waals surface area contributed by atoms with Crippen LogP contribution in [0.3, 0.4) is 0 Å². The van der Waals surface area contributed by atoms with Gasteiger partial charge in [0.2, 0.25) is 0 Å². The van der Waals surface area contributed by atoms with Crippen molar-refractivity contribution in [1.29, 1.82) is 0 Å². The molecule has 0 radical (unpaired) electrons. The van der Waals surface area contributed by atoms with Gasteiger partial charge in [-0.15, -0.1) is 11.3 Å². The minimum Gasteiger partial charge on any atom is -0.491 e. The molecule has 0 aliphatic heterocycles. The first kappa shape index (κ1) is 12.4. The predicted molar refractivity (Wildman–Crippen MR) is 72.9 cm³/mol. The molecule has 90 valence electrons. The Hall–Kier alpha value is -1.03. The van der Waals surface area contributed by atoms with Crippen LogP contribution >= 0.6 is 22.9 Å². The molecule has 1 heterocycles. The third kappa shape index (κ3) is 3.22. The van der Waals surface area contributed by atoms with Gasteiger partial charge in [-0.1, -0.05) is 29.8 Å². The zero-order valence-corrected chi connectivity index (χ0v) is 10.9. The summed E-state index contributed by atoms with van der Waals surface area (Å²) in [6.45, 7) is 1.06. The average Bonchev–Trinajstić information content (AvgIpc) is 2.84. The zero-order valence-electron chi connectivity index (χ0n) is 9.36. The molecule has 2 aromatic rings. The number of thiophene rings is 1. The Balaban J connectivity index is 1.98. The molecule has 2 N–H and O–H groups in total. The smallest absolute Gasteiger partial charge is 0.142 e.